The van der Waals surface area contributed by atoms with E-state index in [1.165, 1.54) is 0 Å². The molecule has 3 N–H and O–H groups in total. The fraction of sp³-hybridized carbons (Fsp3) is 0.933. The van der Waals surface area contributed by atoms with Crippen LogP contribution in [0.4, 0.5) is 0 Å². The van der Waals surface area contributed by atoms with Gasteiger partial charge in [0.25, 0.3) is 0 Å². The van der Waals surface area contributed by atoms with Crippen molar-refractivity contribution in [3.8, 4) is 0 Å². The van der Waals surface area contributed by atoms with E-state index >= 15 is 0 Å². The Morgan fingerprint density at radius 2 is 1.85 bits per heavy atom. The third-order valence-electron chi connectivity index (χ3n) is 6.89. The highest BCUT2D eigenvalue weighted by Crippen LogP contribution is 2.69. The third kappa shape index (κ3) is 1.19. The molecule has 2 saturated carbocycles. The summed E-state index contributed by atoms with van der Waals surface area (Å²) in [6, 6.07) is 0. The lowest BCUT2D eigenvalue weighted by Gasteiger charge is -2.66. The molecule has 1 heterocycles. The van der Waals surface area contributed by atoms with E-state index in [1.807, 2.05) is 6.92 Å². The molecule has 0 unspecified atom stereocenters. The first-order valence-corrected chi connectivity index (χ1v) is 7.33. The van der Waals surface area contributed by atoms with Gasteiger partial charge < -0.3 is 20.1 Å². The second-order valence-electron chi connectivity index (χ2n) is 7.71. The summed E-state index contributed by atoms with van der Waals surface area (Å²) in [4.78, 5) is 12.0. The first-order chi connectivity index (χ1) is 9.00. The van der Waals surface area contributed by atoms with Crippen LogP contribution in [-0.4, -0.2) is 44.7 Å². The van der Waals surface area contributed by atoms with Crippen LogP contribution in [0.2, 0.25) is 0 Å². The van der Waals surface area contributed by atoms with Crippen LogP contribution in [-0.2, 0) is 9.53 Å². The Hall–Kier alpha value is -0.650. The molecule has 5 heteroatoms. The molecule has 0 aromatic carbocycles. The quantitative estimate of drug-likeness (QED) is 0.567. The molecule has 3 aliphatic rings. The smallest absolute Gasteiger partial charge is 0.306 e. The minimum absolute atomic E-state index is 0.00762. The predicted molar refractivity (Wildman–Crippen MR) is 70.7 cm³/mol. The fourth-order valence-electron chi connectivity index (χ4n) is 5.15. The molecule has 20 heavy (non-hydrogen) atoms. The molecule has 1 spiro atoms. The molecule has 0 aromatic heterocycles. The second kappa shape index (κ2) is 3.57. The maximum Gasteiger partial charge on any atom is 0.306 e. The van der Waals surface area contributed by atoms with Gasteiger partial charge in [0, 0.05) is 10.8 Å². The molecule has 0 radical (unpaired) electrons. The van der Waals surface area contributed by atoms with Crippen LogP contribution in [0.5, 0.6) is 0 Å². The number of esters is 1. The Labute approximate surface area is 118 Å². The molecule has 6 atom stereocenters. The molecule has 5 nitrogen and oxygen atoms in total. The zero-order chi connectivity index (χ0) is 15.1. The molecule has 1 aliphatic heterocycles. The summed E-state index contributed by atoms with van der Waals surface area (Å²) >= 11 is 0. The summed E-state index contributed by atoms with van der Waals surface area (Å²) in [5.74, 6) is -0.385. The summed E-state index contributed by atoms with van der Waals surface area (Å²) < 4.78 is 5.36. The molecule has 1 saturated heterocycles. The van der Waals surface area contributed by atoms with Crippen LogP contribution in [0.15, 0.2) is 0 Å². The van der Waals surface area contributed by atoms with Gasteiger partial charge in [-0.05, 0) is 25.7 Å². The maximum atomic E-state index is 12.0. The summed E-state index contributed by atoms with van der Waals surface area (Å²) in [6.07, 6.45) is -0.616. The van der Waals surface area contributed by atoms with E-state index in [0.717, 1.165) is 0 Å². The van der Waals surface area contributed by atoms with Crippen LogP contribution in [0.3, 0.4) is 0 Å². The number of carbonyl (C=O) groups is 1. The Bertz CT molecular complexity index is 471. The van der Waals surface area contributed by atoms with Crippen molar-refractivity contribution in [2.45, 2.75) is 70.4 Å². The number of aliphatic hydroxyl groups is 3. The molecule has 3 rings (SSSR count). The van der Waals surface area contributed by atoms with Gasteiger partial charge in [0.05, 0.1) is 12.5 Å². The van der Waals surface area contributed by atoms with Crippen molar-refractivity contribution < 1.29 is 24.9 Å². The normalized spacial score (nSPS) is 57.1. The van der Waals surface area contributed by atoms with Gasteiger partial charge >= 0.3 is 5.97 Å². The lowest BCUT2D eigenvalue weighted by atomic mass is 9.44. The van der Waals surface area contributed by atoms with E-state index in [1.54, 1.807) is 20.8 Å². The average Bonchev–Trinajstić information content (AvgIpc) is 2.50. The lowest BCUT2D eigenvalue weighted by molar-refractivity contribution is -0.325. The average molecular weight is 284 g/mol. The molecule has 2 bridgehead atoms. The minimum atomic E-state index is -1.49. The van der Waals surface area contributed by atoms with Crippen LogP contribution < -0.4 is 0 Å². The Kier molecular flexibility index (Phi) is 2.55. The maximum absolute atomic E-state index is 12.0. The van der Waals surface area contributed by atoms with Crippen molar-refractivity contribution in [1.82, 2.24) is 0 Å². The highest BCUT2D eigenvalue weighted by atomic mass is 16.6. The van der Waals surface area contributed by atoms with Crippen LogP contribution in [0, 0.1) is 16.7 Å². The van der Waals surface area contributed by atoms with Crippen molar-refractivity contribution in [3.05, 3.63) is 0 Å². The Balaban J connectivity index is 2.26. The van der Waals surface area contributed by atoms with Crippen molar-refractivity contribution in [3.63, 3.8) is 0 Å². The van der Waals surface area contributed by atoms with Gasteiger partial charge in [0.1, 0.15) is 17.3 Å². The number of ether oxygens (including phenoxy) is 1. The zero-order valence-corrected chi connectivity index (χ0v) is 12.5. The van der Waals surface area contributed by atoms with E-state index in [4.69, 9.17) is 4.74 Å². The number of aliphatic hydroxyl groups excluding tert-OH is 1. The van der Waals surface area contributed by atoms with Gasteiger partial charge in [-0.15, -0.1) is 0 Å². The number of fused-ring (bicyclic) bond motifs is 1. The lowest BCUT2D eigenvalue weighted by Crippen LogP contribution is -2.77. The first kappa shape index (κ1) is 14.3. The van der Waals surface area contributed by atoms with E-state index in [9.17, 15) is 20.1 Å². The fourth-order valence-corrected chi connectivity index (χ4v) is 5.15. The SMILES string of the molecule is C[C@@H]1C[C@@H](O)[C@]2(O)C(C)(C)[C@@](C)(O)[C@H]3C[C@@]12CC(=O)O3. The summed E-state index contributed by atoms with van der Waals surface area (Å²) in [6.45, 7) is 7.07. The number of carbonyl (C=O) groups excluding carboxylic acids is 1. The van der Waals surface area contributed by atoms with Crippen LogP contribution >= 0.6 is 0 Å². The van der Waals surface area contributed by atoms with Crippen molar-refractivity contribution in [2.24, 2.45) is 16.7 Å². The van der Waals surface area contributed by atoms with Gasteiger partial charge in [-0.25, -0.2) is 0 Å². The molecule has 0 aromatic rings. The van der Waals surface area contributed by atoms with Crippen LogP contribution in [0.1, 0.15) is 47.0 Å². The van der Waals surface area contributed by atoms with Gasteiger partial charge in [-0.3, -0.25) is 4.79 Å². The summed E-state index contributed by atoms with van der Waals surface area (Å²) in [7, 11) is 0. The van der Waals surface area contributed by atoms with E-state index in [-0.39, 0.29) is 12.3 Å². The van der Waals surface area contributed by atoms with Crippen molar-refractivity contribution in [1.29, 1.82) is 0 Å². The van der Waals surface area contributed by atoms with Crippen molar-refractivity contribution in [2.75, 3.05) is 0 Å². The molecule has 3 fully saturated rings. The molecular weight excluding hydrogens is 260 g/mol. The number of hydrogen-bond acceptors (Lipinski definition) is 5. The Morgan fingerprint density at radius 1 is 1.25 bits per heavy atom. The predicted octanol–water partition coefficient (Wildman–Crippen LogP) is 0.601. The van der Waals surface area contributed by atoms with Gasteiger partial charge in [-0.2, -0.15) is 0 Å². The monoisotopic (exact) mass is 284 g/mol. The molecule has 0 amide bonds. The second-order valence-corrected chi connectivity index (χ2v) is 7.71. The van der Waals surface area contributed by atoms with Gasteiger partial charge in [0.15, 0.2) is 0 Å². The first-order valence-electron chi connectivity index (χ1n) is 7.33. The minimum Gasteiger partial charge on any atom is -0.459 e. The summed E-state index contributed by atoms with van der Waals surface area (Å²) in [5.41, 5.74) is -4.56. The molecular formula is C15H24O5. The highest BCUT2D eigenvalue weighted by Gasteiger charge is 2.79. The largest absolute Gasteiger partial charge is 0.459 e. The topological polar surface area (TPSA) is 87.0 Å². The standard InChI is InChI=1S/C15H24O5/c1-8-5-9(16)15(19)12(2,3)13(4,18)10-6-14(8,15)7-11(17)20-10/h8-10,16,18-19H,5-7H2,1-4H3/t8-,9-,10-,13+,14-,15+/m1/s1. The third-order valence-corrected chi connectivity index (χ3v) is 6.89. The van der Waals surface area contributed by atoms with E-state index in [0.29, 0.717) is 12.8 Å². The number of hydrogen-bond donors (Lipinski definition) is 3. The molecule has 114 valence electrons. The molecule has 2 aliphatic carbocycles. The summed E-state index contributed by atoms with van der Waals surface area (Å²) in [5, 5.41) is 32.8. The van der Waals surface area contributed by atoms with E-state index < -0.39 is 40.2 Å². The van der Waals surface area contributed by atoms with Gasteiger partial charge in [-0.1, -0.05) is 20.8 Å². The number of rotatable bonds is 0. The van der Waals surface area contributed by atoms with E-state index in [2.05, 4.69) is 0 Å². The van der Waals surface area contributed by atoms with Crippen molar-refractivity contribution >= 4 is 5.97 Å². The van der Waals surface area contributed by atoms with Gasteiger partial charge in [0.2, 0.25) is 0 Å². The Morgan fingerprint density at radius 3 is 2.45 bits per heavy atom. The van der Waals surface area contributed by atoms with Crippen LogP contribution in [0.25, 0.3) is 0 Å². The highest BCUT2D eigenvalue weighted by molar-refractivity contribution is 5.73. The zero-order valence-electron chi connectivity index (χ0n) is 12.5.